The van der Waals surface area contributed by atoms with E-state index in [1.165, 1.54) is 0 Å². The standard InChI is InChI=1S/C18H19NO5/c1-21-13-5-4-6-14(11-13)22-10-9-19-18(20)17-12-23-15-7-2-3-8-16(15)24-17/h2-8,11,17H,9-10,12H2,1H3,(H,19,20)/t17-/m1/s1. The number of methoxy groups -OCH3 is 1. The van der Waals surface area contributed by atoms with Gasteiger partial charge in [-0.15, -0.1) is 0 Å². The zero-order valence-electron chi connectivity index (χ0n) is 13.4. The van der Waals surface area contributed by atoms with Crippen LogP contribution in [-0.2, 0) is 4.79 Å². The SMILES string of the molecule is COc1cccc(OCCNC(=O)[C@H]2COc3ccccc3O2)c1. The van der Waals surface area contributed by atoms with Gasteiger partial charge in [0.25, 0.3) is 5.91 Å². The van der Waals surface area contributed by atoms with Crippen LogP contribution in [0.3, 0.4) is 0 Å². The van der Waals surface area contributed by atoms with Gasteiger partial charge >= 0.3 is 0 Å². The van der Waals surface area contributed by atoms with Crippen molar-refractivity contribution in [3.8, 4) is 23.0 Å². The van der Waals surface area contributed by atoms with E-state index in [0.29, 0.717) is 30.4 Å². The number of amides is 1. The molecule has 0 saturated carbocycles. The van der Waals surface area contributed by atoms with E-state index in [2.05, 4.69) is 5.32 Å². The lowest BCUT2D eigenvalue weighted by Crippen LogP contribution is -2.45. The molecular weight excluding hydrogens is 310 g/mol. The molecule has 1 atom stereocenters. The number of para-hydroxylation sites is 2. The van der Waals surface area contributed by atoms with Gasteiger partial charge in [0.2, 0.25) is 6.10 Å². The first kappa shape index (κ1) is 16.0. The summed E-state index contributed by atoms with van der Waals surface area (Å²) in [5, 5.41) is 2.78. The molecule has 2 aromatic rings. The van der Waals surface area contributed by atoms with E-state index >= 15 is 0 Å². The number of fused-ring (bicyclic) bond motifs is 1. The fourth-order valence-corrected chi connectivity index (χ4v) is 2.30. The van der Waals surface area contributed by atoms with Crippen molar-refractivity contribution in [3.05, 3.63) is 48.5 Å². The summed E-state index contributed by atoms with van der Waals surface area (Å²) in [6, 6.07) is 14.6. The highest BCUT2D eigenvalue weighted by atomic mass is 16.6. The molecule has 0 aromatic heterocycles. The van der Waals surface area contributed by atoms with Crippen LogP contribution >= 0.6 is 0 Å². The number of hydrogen-bond donors (Lipinski definition) is 1. The number of rotatable bonds is 6. The maximum Gasteiger partial charge on any atom is 0.264 e. The maximum atomic E-state index is 12.1. The van der Waals surface area contributed by atoms with Gasteiger partial charge in [-0.1, -0.05) is 18.2 Å². The third-order valence-electron chi connectivity index (χ3n) is 3.51. The fraction of sp³-hybridized carbons (Fsp3) is 0.278. The Morgan fingerprint density at radius 1 is 1.17 bits per heavy atom. The van der Waals surface area contributed by atoms with Gasteiger partial charge in [0.1, 0.15) is 24.7 Å². The zero-order chi connectivity index (χ0) is 16.8. The molecule has 1 N–H and O–H groups in total. The highest BCUT2D eigenvalue weighted by molar-refractivity contribution is 5.81. The number of nitrogens with one attached hydrogen (secondary N) is 1. The minimum Gasteiger partial charge on any atom is -0.497 e. The number of carbonyl (C=O) groups excluding carboxylic acids is 1. The fourth-order valence-electron chi connectivity index (χ4n) is 2.30. The second kappa shape index (κ2) is 7.59. The van der Waals surface area contributed by atoms with Gasteiger partial charge in [-0.3, -0.25) is 4.79 Å². The van der Waals surface area contributed by atoms with Crippen molar-refractivity contribution in [2.24, 2.45) is 0 Å². The summed E-state index contributed by atoms with van der Waals surface area (Å²) >= 11 is 0. The number of ether oxygens (including phenoxy) is 4. The molecular formula is C18H19NO5. The molecule has 3 rings (SSSR count). The molecule has 1 amide bonds. The lowest BCUT2D eigenvalue weighted by atomic mass is 10.2. The first-order valence-electron chi connectivity index (χ1n) is 7.69. The van der Waals surface area contributed by atoms with Crippen LogP contribution < -0.4 is 24.3 Å². The molecule has 0 unspecified atom stereocenters. The van der Waals surface area contributed by atoms with E-state index in [1.807, 2.05) is 36.4 Å². The van der Waals surface area contributed by atoms with Gasteiger partial charge in [-0.25, -0.2) is 0 Å². The quantitative estimate of drug-likeness (QED) is 0.822. The molecule has 0 saturated heterocycles. The Balaban J connectivity index is 1.43. The van der Waals surface area contributed by atoms with Gasteiger partial charge in [0.15, 0.2) is 11.5 Å². The lowest BCUT2D eigenvalue weighted by molar-refractivity contribution is -0.130. The van der Waals surface area contributed by atoms with Gasteiger partial charge < -0.3 is 24.3 Å². The third kappa shape index (κ3) is 3.90. The summed E-state index contributed by atoms with van der Waals surface area (Å²) < 4.78 is 21.9. The maximum absolute atomic E-state index is 12.1. The molecule has 0 bridgehead atoms. The summed E-state index contributed by atoms with van der Waals surface area (Å²) in [6.45, 7) is 0.917. The van der Waals surface area contributed by atoms with Crippen LogP contribution in [0.1, 0.15) is 0 Å². The minimum absolute atomic E-state index is 0.194. The topological polar surface area (TPSA) is 66.0 Å². The highest BCUT2D eigenvalue weighted by Crippen LogP contribution is 2.30. The van der Waals surface area contributed by atoms with Crippen LogP contribution in [0.15, 0.2) is 48.5 Å². The van der Waals surface area contributed by atoms with Crippen molar-refractivity contribution in [3.63, 3.8) is 0 Å². The van der Waals surface area contributed by atoms with Crippen molar-refractivity contribution < 1.29 is 23.7 Å². The summed E-state index contributed by atoms with van der Waals surface area (Å²) in [4.78, 5) is 12.1. The van der Waals surface area contributed by atoms with E-state index in [0.717, 1.165) is 5.75 Å². The first-order chi connectivity index (χ1) is 11.8. The molecule has 24 heavy (non-hydrogen) atoms. The molecule has 1 heterocycles. The smallest absolute Gasteiger partial charge is 0.264 e. The van der Waals surface area contributed by atoms with E-state index < -0.39 is 6.10 Å². The predicted octanol–water partition coefficient (Wildman–Crippen LogP) is 2.03. The Hall–Kier alpha value is -2.89. The van der Waals surface area contributed by atoms with Crippen molar-refractivity contribution in [2.45, 2.75) is 6.10 Å². The van der Waals surface area contributed by atoms with Gasteiger partial charge in [-0.2, -0.15) is 0 Å². The predicted molar refractivity (Wildman–Crippen MR) is 87.9 cm³/mol. The molecule has 6 nitrogen and oxygen atoms in total. The van der Waals surface area contributed by atoms with Crippen LogP contribution in [-0.4, -0.2) is 38.9 Å². The number of benzene rings is 2. The normalized spacial score (nSPS) is 15.5. The second-order valence-corrected chi connectivity index (χ2v) is 5.18. The van der Waals surface area contributed by atoms with Crippen molar-refractivity contribution in [1.82, 2.24) is 5.32 Å². The summed E-state index contributed by atoms with van der Waals surface area (Å²) in [7, 11) is 1.60. The van der Waals surface area contributed by atoms with Crippen molar-refractivity contribution in [2.75, 3.05) is 26.9 Å². The number of hydrogen-bond acceptors (Lipinski definition) is 5. The van der Waals surface area contributed by atoms with Crippen molar-refractivity contribution >= 4 is 5.91 Å². The third-order valence-corrected chi connectivity index (χ3v) is 3.51. The summed E-state index contributed by atoms with van der Waals surface area (Å²) in [5.74, 6) is 2.43. The molecule has 0 aliphatic carbocycles. The van der Waals surface area contributed by atoms with E-state index in [4.69, 9.17) is 18.9 Å². The Kier molecular flexibility index (Phi) is 5.05. The Morgan fingerprint density at radius 2 is 1.96 bits per heavy atom. The molecule has 2 aromatic carbocycles. The van der Waals surface area contributed by atoms with E-state index in [1.54, 1.807) is 19.2 Å². The van der Waals surface area contributed by atoms with Crippen LogP contribution in [0.5, 0.6) is 23.0 Å². The minimum atomic E-state index is -0.656. The Morgan fingerprint density at radius 3 is 2.79 bits per heavy atom. The Bertz CT molecular complexity index is 703. The van der Waals surface area contributed by atoms with E-state index in [-0.39, 0.29) is 12.5 Å². The van der Waals surface area contributed by atoms with Gasteiger partial charge in [0.05, 0.1) is 13.7 Å². The Labute approximate surface area is 140 Å². The first-order valence-corrected chi connectivity index (χ1v) is 7.69. The molecule has 0 radical (unpaired) electrons. The monoisotopic (exact) mass is 329 g/mol. The van der Waals surface area contributed by atoms with Crippen LogP contribution in [0.25, 0.3) is 0 Å². The van der Waals surface area contributed by atoms with E-state index in [9.17, 15) is 4.79 Å². The average molecular weight is 329 g/mol. The molecule has 0 spiro atoms. The molecule has 6 heteroatoms. The number of carbonyl (C=O) groups is 1. The largest absolute Gasteiger partial charge is 0.497 e. The zero-order valence-corrected chi connectivity index (χ0v) is 13.4. The summed E-state index contributed by atoms with van der Waals surface area (Å²) in [6.07, 6.45) is -0.656. The molecule has 1 aliphatic heterocycles. The van der Waals surface area contributed by atoms with Crippen molar-refractivity contribution in [1.29, 1.82) is 0 Å². The van der Waals surface area contributed by atoms with Crippen LogP contribution in [0, 0.1) is 0 Å². The molecule has 0 fully saturated rings. The molecule has 1 aliphatic rings. The van der Waals surface area contributed by atoms with Gasteiger partial charge in [-0.05, 0) is 24.3 Å². The second-order valence-electron chi connectivity index (χ2n) is 5.18. The van der Waals surface area contributed by atoms with Crippen LogP contribution in [0.2, 0.25) is 0 Å². The summed E-state index contributed by atoms with van der Waals surface area (Å²) in [5.41, 5.74) is 0. The van der Waals surface area contributed by atoms with Crippen LogP contribution in [0.4, 0.5) is 0 Å². The molecule has 126 valence electrons. The van der Waals surface area contributed by atoms with Gasteiger partial charge in [0, 0.05) is 6.07 Å². The average Bonchev–Trinajstić information content (AvgIpc) is 2.64. The highest BCUT2D eigenvalue weighted by Gasteiger charge is 2.26. The lowest BCUT2D eigenvalue weighted by Gasteiger charge is -2.25.